The highest BCUT2D eigenvalue weighted by molar-refractivity contribution is 14.1. The summed E-state index contributed by atoms with van der Waals surface area (Å²) in [4.78, 5) is 14.3. The number of carbonyl (C=O) groups is 1. The Morgan fingerprint density at radius 2 is 2.37 bits per heavy atom. The number of hydrogen-bond acceptors (Lipinski definition) is 3. The monoisotopic (exact) mass is 379 g/mol. The molecule has 2 unspecified atom stereocenters. The molecule has 0 N–H and O–H groups in total. The summed E-state index contributed by atoms with van der Waals surface area (Å²) in [5, 5.41) is 0. The summed E-state index contributed by atoms with van der Waals surface area (Å²) in [7, 11) is 0. The van der Waals surface area contributed by atoms with E-state index in [9.17, 15) is 4.79 Å². The highest BCUT2D eigenvalue weighted by atomic mass is 127. The van der Waals surface area contributed by atoms with Crippen LogP contribution in [0.15, 0.2) is 12.7 Å². The second-order valence-corrected chi connectivity index (χ2v) is 6.18. The highest BCUT2D eigenvalue weighted by Crippen LogP contribution is 2.40. The lowest BCUT2D eigenvalue weighted by atomic mass is 9.88. The molecule has 0 radical (unpaired) electrons. The molecule has 2 heterocycles. The Labute approximate surface area is 128 Å². The molecular weight excluding hydrogens is 357 g/mol. The van der Waals surface area contributed by atoms with Crippen molar-refractivity contribution in [2.45, 2.75) is 36.5 Å². The molecule has 2 saturated heterocycles. The first-order valence-electron chi connectivity index (χ1n) is 6.98. The lowest BCUT2D eigenvalue weighted by molar-refractivity contribution is -0.134. The van der Waals surface area contributed by atoms with Crippen LogP contribution in [0, 0.1) is 11.8 Å². The average molecular weight is 379 g/mol. The van der Waals surface area contributed by atoms with Gasteiger partial charge in [-0.05, 0) is 35.4 Å². The maximum absolute atomic E-state index is 12.4. The number of unbranched alkanes of at least 4 members (excludes halogenated alkanes) is 1. The van der Waals surface area contributed by atoms with Crippen molar-refractivity contribution in [3.8, 4) is 0 Å². The van der Waals surface area contributed by atoms with Crippen LogP contribution in [-0.2, 0) is 14.3 Å². The van der Waals surface area contributed by atoms with Crippen LogP contribution in [0.4, 0.5) is 0 Å². The SMILES string of the molecule is C=C[C@@H]1C(CCOCCCC)C(=O)N2C1CO[C@H]2I. The van der Waals surface area contributed by atoms with Crippen LogP contribution in [-0.4, -0.2) is 40.9 Å². The van der Waals surface area contributed by atoms with E-state index in [1.165, 1.54) is 0 Å². The molecule has 2 aliphatic rings. The molecule has 2 aliphatic heterocycles. The molecule has 4 nitrogen and oxygen atoms in total. The Balaban J connectivity index is 1.89. The summed E-state index contributed by atoms with van der Waals surface area (Å²) in [6, 6.07) is 0.174. The van der Waals surface area contributed by atoms with Crippen LogP contribution >= 0.6 is 22.6 Å². The third-order valence-corrected chi connectivity index (χ3v) is 4.91. The van der Waals surface area contributed by atoms with E-state index in [-0.39, 0.29) is 28.0 Å². The predicted molar refractivity (Wildman–Crippen MR) is 81.9 cm³/mol. The number of hydrogen-bond donors (Lipinski definition) is 0. The van der Waals surface area contributed by atoms with Crippen molar-refractivity contribution in [2.24, 2.45) is 11.8 Å². The van der Waals surface area contributed by atoms with Crippen LogP contribution in [0.3, 0.4) is 0 Å². The Hall–Kier alpha value is -0.140. The minimum Gasteiger partial charge on any atom is -0.381 e. The molecule has 19 heavy (non-hydrogen) atoms. The van der Waals surface area contributed by atoms with Crippen LogP contribution < -0.4 is 0 Å². The van der Waals surface area contributed by atoms with E-state index in [2.05, 4.69) is 36.1 Å². The van der Waals surface area contributed by atoms with Gasteiger partial charge in [-0.3, -0.25) is 4.79 Å². The summed E-state index contributed by atoms with van der Waals surface area (Å²) in [5.41, 5.74) is 0. The molecule has 0 aromatic heterocycles. The molecule has 0 spiro atoms. The minimum absolute atomic E-state index is 0.0188. The molecule has 4 atom stereocenters. The van der Waals surface area contributed by atoms with Gasteiger partial charge >= 0.3 is 0 Å². The standard InChI is InChI=1S/C14H22INO3/c1-3-5-7-18-8-6-11-10(4-2)12-9-19-14(15)16(12)13(11)17/h4,10-12,14H,2-3,5-9H2,1H3/t10-,11?,12?,14+/m1/s1. The number of fused-ring (bicyclic) bond motifs is 1. The molecule has 108 valence electrons. The lowest BCUT2D eigenvalue weighted by Crippen LogP contribution is -2.34. The maximum Gasteiger partial charge on any atom is 0.229 e. The van der Waals surface area contributed by atoms with Gasteiger partial charge in [-0.25, -0.2) is 0 Å². The van der Waals surface area contributed by atoms with Crippen molar-refractivity contribution in [2.75, 3.05) is 19.8 Å². The molecule has 0 bridgehead atoms. The van der Waals surface area contributed by atoms with Gasteiger partial charge in [-0.15, -0.1) is 6.58 Å². The zero-order valence-electron chi connectivity index (χ0n) is 11.4. The van der Waals surface area contributed by atoms with Gasteiger partial charge in [0.15, 0.2) is 4.23 Å². The van der Waals surface area contributed by atoms with Gasteiger partial charge in [0.1, 0.15) is 0 Å². The average Bonchev–Trinajstić information content (AvgIpc) is 2.90. The van der Waals surface area contributed by atoms with Crippen LogP contribution in [0.5, 0.6) is 0 Å². The Morgan fingerprint density at radius 3 is 3.05 bits per heavy atom. The van der Waals surface area contributed by atoms with Crippen molar-refractivity contribution in [1.82, 2.24) is 4.90 Å². The summed E-state index contributed by atoms with van der Waals surface area (Å²) in [6.07, 6.45) is 4.93. The first-order valence-corrected chi connectivity index (χ1v) is 8.23. The normalized spacial score (nSPS) is 33.8. The number of carbonyl (C=O) groups excluding carboxylic acids is 1. The molecule has 0 aliphatic carbocycles. The molecule has 0 saturated carbocycles. The number of alkyl halides is 1. The van der Waals surface area contributed by atoms with Crippen molar-refractivity contribution in [1.29, 1.82) is 0 Å². The third kappa shape index (κ3) is 3.13. The summed E-state index contributed by atoms with van der Waals surface area (Å²) < 4.78 is 11.0. The first-order chi connectivity index (χ1) is 9.20. The van der Waals surface area contributed by atoms with Gasteiger partial charge in [0, 0.05) is 25.0 Å². The van der Waals surface area contributed by atoms with Gasteiger partial charge in [0.2, 0.25) is 5.91 Å². The number of halogens is 1. The number of amides is 1. The molecule has 0 aromatic rings. The van der Waals surface area contributed by atoms with Crippen LogP contribution in [0.1, 0.15) is 26.2 Å². The topological polar surface area (TPSA) is 38.8 Å². The minimum atomic E-state index is -0.122. The number of ether oxygens (including phenoxy) is 2. The predicted octanol–water partition coefficient (Wildman–Crippen LogP) is 2.57. The van der Waals surface area contributed by atoms with E-state index in [1.807, 2.05) is 11.0 Å². The Morgan fingerprint density at radius 1 is 1.58 bits per heavy atom. The second-order valence-electron chi connectivity index (χ2n) is 5.11. The molecule has 5 heteroatoms. The van der Waals surface area contributed by atoms with E-state index in [0.717, 1.165) is 25.9 Å². The van der Waals surface area contributed by atoms with E-state index in [0.29, 0.717) is 13.2 Å². The van der Waals surface area contributed by atoms with E-state index in [4.69, 9.17) is 9.47 Å². The highest BCUT2D eigenvalue weighted by Gasteiger charge is 2.52. The summed E-state index contributed by atoms with van der Waals surface area (Å²) in [5.74, 6) is 0.415. The summed E-state index contributed by atoms with van der Waals surface area (Å²) in [6.45, 7) is 8.12. The van der Waals surface area contributed by atoms with Crippen molar-refractivity contribution < 1.29 is 14.3 Å². The fraction of sp³-hybridized carbons (Fsp3) is 0.786. The zero-order valence-corrected chi connectivity index (χ0v) is 13.5. The van der Waals surface area contributed by atoms with Gasteiger partial charge in [-0.1, -0.05) is 19.4 Å². The van der Waals surface area contributed by atoms with Crippen LogP contribution in [0.25, 0.3) is 0 Å². The first kappa shape index (κ1) is 15.3. The molecule has 2 rings (SSSR count). The molecular formula is C14H22INO3. The molecule has 0 aromatic carbocycles. The smallest absolute Gasteiger partial charge is 0.229 e. The fourth-order valence-corrected chi connectivity index (χ4v) is 3.76. The van der Waals surface area contributed by atoms with E-state index < -0.39 is 0 Å². The molecule has 2 fully saturated rings. The summed E-state index contributed by atoms with van der Waals surface area (Å²) >= 11 is 2.17. The van der Waals surface area contributed by atoms with Gasteiger partial charge in [0.05, 0.1) is 12.6 Å². The lowest BCUT2D eigenvalue weighted by Gasteiger charge is -2.17. The molecule has 1 amide bonds. The maximum atomic E-state index is 12.4. The fourth-order valence-electron chi connectivity index (χ4n) is 2.87. The quantitative estimate of drug-likeness (QED) is 0.224. The Bertz CT molecular complexity index is 337. The van der Waals surface area contributed by atoms with Gasteiger partial charge in [0.25, 0.3) is 0 Å². The second kappa shape index (κ2) is 7.04. The van der Waals surface area contributed by atoms with Crippen molar-refractivity contribution in [3.05, 3.63) is 12.7 Å². The zero-order chi connectivity index (χ0) is 13.8. The Kier molecular flexibility index (Phi) is 5.65. The van der Waals surface area contributed by atoms with Crippen molar-refractivity contribution in [3.63, 3.8) is 0 Å². The number of nitrogens with zero attached hydrogens (tertiary/aromatic N) is 1. The third-order valence-electron chi connectivity index (χ3n) is 3.95. The van der Waals surface area contributed by atoms with Gasteiger partial charge in [-0.2, -0.15) is 0 Å². The largest absolute Gasteiger partial charge is 0.381 e. The van der Waals surface area contributed by atoms with Gasteiger partial charge < -0.3 is 14.4 Å². The van der Waals surface area contributed by atoms with Crippen molar-refractivity contribution >= 4 is 28.5 Å². The number of rotatable bonds is 7. The van der Waals surface area contributed by atoms with E-state index >= 15 is 0 Å². The van der Waals surface area contributed by atoms with E-state index in [1.54, 1.807) is 0 Å². The van der Waals surface area contributed by atoms with Crippen LogP contribution in [0.2, 0.25) is 0 Å².